The van der Waals surface area contributed by atoms with Gasteiger partial charge in [-0.05, 0) is 60.5 Å². The van der Waals surface area contributed by atoms with Crippen molar-refractivity contribution in [3.63, 3.8) is 0 Å². The van der Waals surface area contributed by atoms with E-state index in [0.29, 0.717) is 18.1 Å². The number of nitrogens with zero attached hydrogens (tertiary/aromatic N) is 2. The van der Waals surface area contributed by atoms with Crippen molar-refractivity contribution < 1.29 is 18.3 Å². The zero-order valence-corrected chi connectivity index (χ0v) is 22.7. The Morgan fingerprint density at radius 2 is 1.66 bits per heavy atom. The van der Waals surface area contributed by atoms with E-state index < -0.39 is 17.2 Å². The number of benzene rings is 3. The lowest BCUT2D eigenvalue weighted by molar-refractivity contribution is -0.0886. The summed E-state index contributed by atoms with van der Waals surface area (Å²) < 4.78 is 40.8. The van der Waals surface area contributed by atoms with Gasteiger partial charge in [0.25, 0.3) is 0 Å². The number of thioether (sulfide) groups is 1. The summed E-state index contributed by atoms with van der Waals surface area (Å²) in [7, 11) is 0. The Morgan fingerprint density at radius 1 is 0.974 bits per heavy atom. The molecule has 0 bridgehead atoms. The van der Waals surface area contributed by atoms with Gasteiger partial charge in [0.1, 0.15) is 5.75 Å². The highest BCUT2D eigenvalue weighted by molar-refractivity contribution is 7.99. The molecule has 1 aliphatic carbocycles. The van der Waals surface area contributed by atoms with Crippen molar-refractivity contribution in [1.29, 1.82) is 0 Å². The van der Waals surface area contributed by atoms with Gasteiger partial charge in [-0.3, -0.25) is 9.89 Å². The van der Waals surface area contributed by atoms with Crippen LogP contribution in [0, 0.1) is 6.92 Å². The number of aryl methyl sites for hydroxylation is 1. The third kappa shape index (κ3) is 7.90. The molecule has 38 heavy (non-hydrogen) atoms. The van der Waals surface area contributed by atoms with Gasteiger partial charge in [-0.25, -0.2) is 0 Å². The van der Waals surface area contributed by atoms with Gasteiger partial charge >= 0.3 is 6.18 Å². The van der Waals surface area contributed by atoms with Crippen molar-refractivity contribution in [2.75, 3.05) is 0 Å². The molecule has 0 aliphatic heterocycles. The van der Waals surface area contributed by atoms with E-state index in [1.54, 1.807) is 18.2 Å². The highest BCUT2D eigenvalue weighted by Crippen LogP contribution is 2.37. The number of allylic oxidation sites excluding steroid dienone is 4. The zero-order valence-electron chi connectivity index (χ0n) is 20.4. The fourth-order valence-electron chi connectivity index (χ4n) is 3.89. The SMILES string of the molecule is Cc1ccc(SC(N=C2C=C(C(F)(F)F)C(Cl)=CC2)N(Cc2ccc(O)cc2)Cc2cccc(Cl)c2)cc1. The molecule has 4 rings (SSSR count). The number of halogens is 5. The van der Waals surface area contributed by atoms with E-state index in [4.69, 9.17) is 28.2 Å². The first kappa shape index (κ1) is 28.3. The summed E-state index contributed by atoms with van der Waals surface area (Å²) >= 11 is 13.6. The minimum absolute atomic E-state index is 0.150. The molecule has 3 aromatic carbocycles. The minimum Gasteiger partial charge on any atom is -0.508 e. The molecule has 0 amide bonds. The first-order valence-electron chi connectivity index (χ1n) is 11.8. The minimum atomic E-state index is -4.58. The molecule has 0 saturated carbocycles. The van der Waals surface area contributed by atoms with Crippen molar-refractivity contribution in [3.05, 3.63) is 117 Å². The molecular weight excluding hydrogens is 552 g/mol. The predicted octanol–water partition coefficient (Wildman–Crippen LogP) is 8.89. The van der Waals surface area contributed by atoms with Crippen LogP contribution >= 0.6 is 35.0 Å². The number of aromatic hydroxyl groups is 1. The Labute approximate surface area is 234 Å². The predicted molar refractivity (Wildman–Crippen MR) is 150 cm³/mol. The van der Waals surface area contributed by atoms with Crippen molar-refractivity contribution in [2.45, 2.75) is 43.0 Å². The molecule has 198 valence electrons. The van der Waals surface area contributed by atoms with Gasteiger partial charge in [0.2, 0.25) is 0 Å². The summed E-state index contributed by atoms with van der Waals surface area (Å²) in [5.41, 5.74) is 1.76. The van der Waals surface area contributed by atoms with Crippen molar-refractivity contribution >= 4 is 40.7 Å². The van der Waals surface area contributed by atoms with Crippen LogP contribution in [0.3, 0.4) is 0 Å². The van der Waals surface area contributed by atoms with Crippen LogP contribution in [0.4, 0.5) is 13.2 Å². The number of phenols is 1. The number of phenolic OH excluding ortho intramolecular Hbond substituents is 1. The maximum absolute atomic E-state index is 13.6. The van der Waals surface area contributed by atoms with Gasteiger partial charge in [0.05, 0.1) is 5.57 Å². The Kier molecular flexibility index (Phi) is 9.26. The van der Waals surface area contributed by atoms with E-state index in [1.807, 2.05) is 61.5 Å². The van der Waals surface area contributed by atoms with E-state index in [1.165, 1.54) is 17.8 Å². The van der Waals surface area contributed by atoms with Gasteiger partial charge in [-0.2, -0.15) is 13.2 Å². The molecule has 3 nitrogen and oxygen atoms in total. The molecule has 0 saturated heterocycles. The number of hydrogen-bond acceptors (Lipinski definition) is 4. The quantitative estimate of drug-likeness (QED) is 0.215. The average molecular weight is 577 g/mol. The standard InChI is InChI=1S/C29H25Cl2F3N2OS/c1-19-5-12-25(13-6-19)38-28(35-23-9-14-27(31)26(16-23)29(32,33)34)36(17-20-7-10-24(37)11-8-20)18-21-3-2-4-22(30)15-21/h2-8,10-16,28,37H,9,17-18H2,1H3. The number of rotatable bonds is 8. The summed E-state index contributed by atoms with van der Waals surface area (Å²) in [5.74, 6) is 0.150. The maximum Gasteiger partial charge on any atom is 0.417 e. The monoisotopic (exact) mass is 576 g/mol. The number of aliphatic imine (C=N–C) groups is 1. The summed E-state index contributed by atoms with van der Waals surface area (Å²) in [6, 6.07) is 22.2. The van der Waals surface area contributed by atoms with Crippen LogP contribution in [0.25, 0.3) is 0 Å². The molecule has 0 radical (unpaired) electrons. The molecule has 1 unspecified atom stereocenters. The third-order valence-corrected chi connectivity index (χ3v) is 7.56. The maximum atomic E-state index is 13.6. The zero-order chi connectivity index (χ0) is 27.3. The summed E-state index contributed by atoms with van der Waals surface area (Å²) in [6.07, 6.45) is -2.02. The molecule has 0 spiro atoms. The van der Waals surface area contributed by atoms with Crippen LogP contribution in [-0.4, -0.2) is 27.4 Å². The van der Waals surface area contributed by atoms with E-state index in [-0.39, 0.29) is 22.9 Å². The molecule has 0 heterocycles. The second-order valence-electron chi connectivity index (χ2n) is 8.89. The Morgan fingerprint density at radius 3 is 2.32 bits per heavy atom. The van der Waals surface area contributed by atoms with E-state index in [0.717, 1.165) is 27.7 Å². The van der Waals surface area contributed by atoms with E-state index in [9.17, 15) is 18.3 Å². The van der Waals surface area contributed by atoms with Crippen LogP contribution in [0.5, 0.6) is 5.75 Å². The largest absolute Gasteiger partial charge is 0.508 e. The smallest absolute Gasteiger partial charge is 0.417 e. The molecule has 1 aliphatic rings. The third-order valence-electron chi connectivity index (χ3n) is 5.81. The Balaban J connectivity index is 1.76. The lowest BCUT2D eigenvalue weighted by atomic mass is 10.0. The van der Waals surface area contributed by atoms with E-state index in [2.05, 4.69) is 4.90 Å². The van der Waals surface area contributed by atoms with Crippen molar-refractivity contribution in [2.24, 2.45) is 4.99 Å². The lowest BCUT2D eigenvalue weighted by Gasteiger charge is -2.30. The molecule has 1 N–H and O–H groups in total. The van der Waals surface area contributed by atoms with Crippen molar-refractivity contribution in [3.8, 4) is 5.75 Å². The number of hydrogen-bond donors (Lipinski definition) is 1. The first-order chi connectivity index (χ1) is 18.1. The topological polar surface area (TPSA) is 35.8 Å². The van der Waals surface area contributed by atoms with E-state index >= 15 is 0 Å². The summed E-state index contributed by atoms with van der Waals surface area (Å²) in [5, 5.41) is 10.0. The second kappa shape index (κ2) is 12.4. The van der Waals surface area contributed by atoms with Gasteiger partial charge in [-0.1, -0.05) is 83.0 Å². The van der Waals surface area contributed by atoms with Crippen LogP contribution in [0.1, 0.15) is 23.1 Å². The molecule has 3 aromatic rings. The van der Waals surface area contributed by atoms with Crippen LogP contribution in [0.15, 0.2) is 105 Å². The summed E-state index contributed by atoms with van der Waals surface area (Å²) in [6.45, 7) is 2.86. The normalized spacial score (nSPS) is 15.9. The molecule has 0 fully saturated rings. The fourth-order valence-corrected chi connectivity index (χ4v) is 5.36. The van der Waals surface area contributed by atoms with Gasteiger partial charge < -0.3 is 5.11 Å². The Hall–Kier alpha value is -2.71. The fraction of sp³-hybridized carbons (Fsp3) is 0.207. The summed E-state index contributed by atoms with van der Waals surface area (Å²) in [4.78, 5) is 7.82. The van der Waals surface area contributed by atoms with Crippen LogP contribution in [-0.2, 0) is 13.1 Å². The van der Waals surface area contributed by atoms with Crippen LogP contribution in [0.2, 0.25) is 5.02 Å². The molecule has 1 atom stereocenters. The van der Waals surface area contributed by atoms with Gasteiger partial charge in [-0.15, -0.1) is 0 Å². The van der Waals surface area contributed by atoms with Gasteiger partial charge in [0.15, 0.2) is 5.50 Å². The molecular formula is C29H25Cl2F3N2OS. The molecule has 9 heteroatoms. The highest BCUT2D eigenvalue weighted by atomic mass is 35.5. The second-order valence-corrected chi connectivity index (χ2v) is 10.9. The average Bonchev–Trinajstić information content (AvgIpc) is 2.86. The highest BCUT2D eigenvalue weighted by Gasteiger charge is 2.37. The molecule has 0 aromatic heterocycles. The van der Waals surface area contributed by atoms with Crippen LogP contribution < -0.4 is 0 Å². The first-order valence-corrected chi connectivity index (χ1v) is 13.4. The lowest BCUT2D eigenvalue weighted by Crippen LogP contribution is -2.32. The Bertz CT molecular complexity index is 1350. The van der Waals surface area contributed by atoms with Gasteiger partial charge in [0, 0.05) is 40.2 Å². The number of alkyl halides is 3. The van der Waals surface area contributed by atoms with Crippen molar-refractivity contribution in [1.82, 2.24) is 4.90 Å².